The van der Waals surface area contributed by atoms with E-state index in [-0.39, 0.29) is 5.91 Å². The fraction of sp³-hybridized carbons (Fsp3) is 0.500. The Balaban J connectivity index is 2.49. The zero-order chi connectivity index (χ0) is 11.3. The summed E-state index contributed by atoms with van der Waals surface area (Å²) in [5.74, 6) is 0.267. The highest BCUT2D eigenvalue weighted by Gasteiger charge is 2.09. The van der Waals surface area contributed by atoms with Gasteiger partial charge in [-0.1, -0.05) is 13.8 Å². The summed E-state index contributed by atoms with van der Waals surface area (Å²) in [6.07, 6.45) is 4.48. The van der Waals surface area contributed by atoms with Crippen LogP contribution in [0.2, 0.25) is 0 Å². The van der Waals surface area contributed by atoms with Gasteiger partial charge in [-0.3, -0.25) is 15.2 Å². The first-order valence-electron chi connectivity index (χ1n) is 4.87. The van der Waals surface area contributed by atoms with Gasteiger partial charge in [-0.2, -0.15) is 0 Å². The van der Waals surface area contributed by atoms with Crippen LogP contribution in [0.25, 0.3) is 0 Å². The first-order chi connectivity index (χ1) is 7.09. The van der Waals surface area contributed by atoms with Crippen LogP contribution in [0.1, 0.15) is 24.3 Å². The van der Waals surface area contributed by atoms with Gasteiger partial charge in [-0.05, 0) is 5.92 Å². The molecule has 0 aliphatic carbocycles. The molecule has 5 heteroatoms. The van der Waals surface area contributed by atoms with E-state index in [1.165, 1.54) is 18.6 Å². The van der Waals surface area contributed by atoms with Gasteiger partial charge in [0.05, 0.1) is 6.20 Å². The predicted octanol–water partition coefficient (Wildman–Crippen LogP) is 0.709. The third kappa shape index (κ3) is 4.03. The smallest absolute Gasteiger partial charge is 0.284 e. The van der Waals surface area contributed by atoms with Crippen molar-refractivity contribution in [3.05, 3.63) is 24.3 Å². The molecule has 1 heterocycles. The van der Waals surface area contributed by atoms with E-state index in [9.17, 15) is 4.79 Å². The largest absolute Gasteiger partial charge is 0.285 e. The van der Waals surface area contributed by atoms with E-state index in [1.54, 1.807) is 5.01 Å². The molecule has 5 nitrogen and oxygen atoms in total. The molecule has 82 valence electrons. The molecule has 0 bridgehead atoms. The molecule has 1 aromatic heterocycles. The summed E-state index contributed by atoms with van der Waals surface area (Å²) in [6.45, 7) is 4.97. The average Bonchev–Trinajstić information content (AvgIpc) is 2.17. The maximum Gasteiger partial charge on any atom is 0.285 e. The molecule has 0 radical (unpaired) electrons. The number of hydrogen-bond acceptors (Lipinski definition) is 4. The second-order valence-corrected chi connectivity index (χ2v) is 3.81. The lowest BCUT2D eigenvalue weighted by atomic mass is 10.2. The number of amides is 1. The van der Waals surface area contributed by atoms with Crippen LogP contribution in [0.3, 0.4) is 0 Å². The van der Waals surface area contributed by atoms with Crippen molar-refractivity contribution < 1.29 is 4.79 Å². The number of nitrogens with one attached hydrogen (secondary N) is 1. The molecule has 15 heavy (non-hydrogen) atoms. The third-order valence-electron chi connectivity index (χ3n) is 1.73. The number of hydrogen-bond donors (Lipinski definition) is 1. The van der Waals surface area contributed by atoms with E-state index < -0.39 is 0 Å². The first-order valence-corrected chi connectivity index (χ1v) is 4.87. The fourth-order valence-electron chi connectivity index (χ4n) is 1.24. The molecular weight excluding hydrogens is 192 g/mol. The van der Waals surface area contributed by atoms with Gasteiger partial charge in [0.1, 0.15) is 5.69 Å². The summed E-state index contributed by atoms with van der Waals surface area (Å²) in [4.78, 5) is 19.3. The van der Waals surface area contributed by atoms with Crippen LogP contribution >= 0.6 is 0 Å². The van der Waals surface area contributed by atoms with Crippen molar-refractivity contribution in [1.82, 2.24) is 20.4 Å². The quantitative estimate of drug-likeness (QED) is 0.740. The van der Waals surface area contributed by atoms with Crippen molar-refractivity contribution in [3.8, 4) is 0 Å². The van der Waals surface area contributed by atoms with E-state index in [0.29, 0.717) is 11.6 Å². The predicted molar refractivity (Wildman–Crippen MR) is 57.0 cm³/mol. The van der Waals surface area contributed by atoms with E-state index in [1.807, 2.05) is 7.05 Å². The second-order valence-electron chi connectivity index (χ2n) is 3.81. The number of carbonyl (C=O) groups excluding carboxylic acids is 1. The Morgan fingerprint density at radius 1 is 1.53 bits per heavy atom. The minimum Gasteiger partial charge on any atom is -0.284 e. The van der Waals surface area contributed by atoms with Crippen molar-refractivity contribution in [3.63, 3.8) is 0 Å². The van der Waals surface area contributed by atoms with Crippen LogP contribution in [0, 0.1) is 5.92 Å². The van der Waals surface area contributed by atoms with Crippen molar-refractivity contribution in [2.75, 3.05) is 13.6 Å². The van der Waals surface area contributed by atoms with Gasteiger partial charge < -0.3 is 0 Å². The monoisotopic (exact) mass is 208 g/mol. The highest BCUT2D eigenvalue weighted by Crippen LogP contribution is 1.95. The van der Waals surface area contributed by atoms with Crippen LogP contribution in [0.15, 0.2) is 18.6 Å². The first kappa shape index (κ1) is 11.6. The highest BCUT2D eigenvalue weighted by atomic mass is 16.2. The molecule has 0 spiro atoms. The number of carbonyl (C=O) groups is 1. The van der Waals surface area contributed by atoms with E-state index in [2.05, 4.69) is 29.2 Å². The van der Waals surface area contributed by atoms with Gasteiger partial charge in [-0.25, -0.2) is 9.99 Å². The highest BCUT2D eigenvalue weighted by molar-refractivity contribution is 5.91. The number of rotatable bonds is 4. The van der Waals surface area contributed by atoms with E-state index in [0.717, 1.165) is 6.54 Å². The molecule has 0 unspecified atom stereocenters. The van der Waals surface area contributed by atoms with Crippen LogP contribution < -0.4 is 5.43 Å². The van der Waals surface area contributed by atoms with Crippen LogP contribution in [-0.4, -0.2) is 34.5 Å². The summed E-state index contributed by atoms with van der Waals surface area (Å²) in [5, 5.41) is 1.75. The van der Waals surface area contributed by atoms with E-state index in [4.69, 9.17) is 0 Å². The second kappa shape index (κ2) is 5.41. The van der Waals surface area contributed by atoms with Gasteiger partial charge in [-0.15, -0.1) is 0 Å². The molecule has 0 saturated carbocycles. The molecular formula is C10H16N4O. The molecule has 1 N–H and O–H groups in total. The molecule has 0 atom stereocenters. The Hall–Kier alpha value is -1.49. The Labute approximate surface area is 89.5 Å². The number of nitrogens with zero attached hydrogens (tertiary/aromatic N) is 3. The number of hydrazine groups is 1. The molecule has 0 saturated heterocycles. The van der Waals surface area contributed by atoms with Crippen molar-refractivity contribution in [2.24, 2.45) is 5.92 Å². The molecule has 1 amide bonds. The molecule has 1 aromatic rings. The van der Waals surface area contributed by atoms with Gasteiger partial charge in [0.15, 0.2) is 0 Å². The SMILES string of the molecule is CC(C)CN(C)NC(=O)c1cnccn1. The molecule has 0 aliphatic heterocycles. The van der Waals surface area contributed by atoms with Crippen molar-refractivity contribution in [2.45, 2.75) is 13.8 Å². The maximum absolute atomic E-state index is 11.6. The van der Waals surface area contributed by atoms with Crippen LogP contribution in [0.5, 0.6) is 0 Å². The standard InChI is InChI=1S/C10H16N4O/c1-8(2)7-14(3)13-10(15)9-6-11-4-5-12-9/h4-6,8H,7H2,1-3H3,(H,13,15). The van der Waals surface area contributed by atoms with Crippen molar-refractivity contribution >= 4 is 5.91 Å². The molecule has 0 fully saturated rings. The average molecular weight is 208 g/mol. The lowest BCUT2D eigenvalue weighted by Crippen LogP contribution is -2.41. The molecule has 1 rings (SSSR count). The van der Waals surface area contributed by atoms with Crippen LogP contribution in [0.4, 0.5) is 0 Å². The Morgan fingerprint density at radius 3 is 2.80 bits per heavy atom. The summed E-state index contributed by atoms with van der Waals surface area (Å²) < 4.78 is 0. The lowest BCUT2D eigenvalue weighted by Gasteiger charge is -2.19. The lowest BCUT2D eigenvalue weighted by molar-refractivity contribution is 0.0808. The van der Waals surface area contributed by atoms with E-state index >= 15 is 0 Å². The summed E-state index contributed by atoms with van der Waals surface area (Å²) in [5.41, 5.74) is 3.05. The minimum absolute atomic E-state index is 0.230. The maximum atomic E-state index is 11.6. The Bertz CT molecular complexity index is 312. The minimum atomic E-state index is -0.230. The van der Waals surface area contributed by atoms with Crippen molar-refractivity contribution in [1.29, 1.82) is 0 Å². The zero-order valence-corrected chi connectivity index (χ0v) is 9.27. The summed E-state index contributed by atoms with van der Waals surface area (Å²) in [7, 11) is 1.83. The third-order valence-corrected chi connectivity index (χ3v) is 1.73. The molecule has 0 aliphatic rings. The number of aromatic nitrogens is 2. The van der Waals surface area contributed by atoms with Gasteiger partial charge in [0.25, 0.3) is 5.91 Å². The van der Waals surface area contributed by atoms with Gasteiger partial charge >= 0.3 is 0 Å². The Morgan fingerprint density at radius 2 is 2.27 bits per heavy atom. The summed E-state index contributed by atoms with van der Waals surface area (Å²) in [6, 6.07) is 0. The van der Waals surface area contributed by atoms with Gasteiger partial charge in [0, 0.05) is 26.0 Å². The normalized spacial score (nSPS) is 10.7. The summed E-state index contributed by atoms with van der Waals surface area (Å²) >= 11 is 0. The van der Waals surface area contributed by atoms with Crippen LogP contribution in [-0.2, 0) is 0 Å². The Kier molecular flexibility index (Phi) is 4.17. The van der Waals surface area contributed by atoms with Gasteiger partial charge in [0.2, 0.25) is 0 Å². The fourth-order valence-corrected chi connectivity index (χ4v) is 1.24. The zero-order valence-electron chi connectivity index (χ0n) is 9.27. The molecule has 0 aromatic carbocycles. The topological polar surface area (TPSA) is 58.1 Å².